The first-order chi connectivity index (χ1) is 7.38. The zero-order valence-electron chi connectivity index (χ0n) is 8.09. The van der Waals surface area contributed by atoms with Gasteiger partial charge in [0.05, 0.1) is 0 Å². The summed E-state index contributed by atoms with van der Waals surface area (Å²) in [7, 11) is 0. The third-order valence-electron chi connectivity index (χ3n) is 1.94. The quantitative estimate of drug-likeness (QED) is 0.800. The van der Waals surface area contributed by atoms with E-state index in [0.29, 0.717) is 0 Å². The van der Waals surface area contributed by atoms with E-state index in [1.165, 1.54) is 11.9 Å². The van der Waals surface area contributed by atoms with Gasteiger partial charge in [0.25, 0.3) is 0 Å². The standard InChI is InChI=1S/C12H11NOS/c13-15-12-8-6-11(7-9-12)14-10-4-2-1-3-5-10/h1-9H,13H2. The van der Waals surface area contributed by atoms with Crippen LogP contribution in [0.3, 0.4) is 0 Å². The molecule has 0 spiro atoms. The van der Waals surface area contributed by atoms with Crippen molar-refractivity contribution in [1.82, 2.24) is 0 Å². The summed E-state index contributed by atoms with van der Waals surface area (Å²) in [4.78, 5) is 1.02. The molecule has 15 heavy (non-hydrogen) atoms. The van der Waals surface area contributed by atoms with Gasteiger partial charge in [-0.2, -0.15) is 0 Å². The van der Waals surface area contributed by atoms with Crippen LogP contribution in [0.4, 0.5) is 0 Å². The molecule has 0 amide bonds. The summed E-state index contributed by atoms with van der Waals surface area (Å²) in [6.45, 7) is 0. The second-order valence-corrected chi connectivity index (χ2v) is 3.71. The summed E-state index contributed by atoms with van der Waals surface area (Å²) in [6, 6.07) is 17.4. The van der Waals surface area contributed by atoms with E-state index in [1.54, 1.807) is 0 Å². The molecular weight excluding hydrogens is 206 g/mol. The number of hydrogen-bond acceptors (Lipinski definition) is 3. The molecule has 0 unspecified atom stereocenters. The van der Waals surface area contributed by atoms with Gasteiger partial charge in [0.15, 0.2) is 0 Å². The molecule has 0 saturated heterocycles. The van der Waals surface area contributed by atoms with Gasteiger partial charge in [-0.05, 0) is 48.3 Å². The van der Waals surface area contributed by atoms with Gasteiger partial charge >= 0.3 is 0 Å². The van der Waals surface area contributed by atoms with Crippen LogP contribution in [-0.2, 0) is 0 Å². The van der Waals surface area contributed by atoms with Crippen molar-refractivity contribution >= 4 is 11.9 Å². The van der Waals surface area contributed by atoms with E-state index in [9.17, 15) is 0 Å². The van der Waals surface area contributed by atoms with E-state index < -0.39 is 0 Å². The number of ether oxygens (including phenoxy) is 1. The second-order valence-electron chi connectivity index (χ2n) is 3.00. The molecule has 0 bridgehead atoms. The van der Waals surface area contributed by atoms with Crippen LogP contribution in [0.2, 0.25) is 0 Å². The smallest absolute Gasteiger partial charge is 0.127 e. The molecule has 0 heterocycles. The van der Waals surface area contributed by atoms with E-state index in [1.807, 2.05) is 54.6 Å². The SMILES string of the molecule is NSc1ccc(Oc2ccccc2)cc1. The lowest BCUT2D eigenvalue weighted by atomic mass is 10.3. The van der Waals surface area contributed by atoms with Crippen molar-refractivity contribution in [2.45, 2.75) is 4.90 Å². The molecule has 76 valence electrons. The van der Waals surface area contributed by atoms with Gasteiger partial charge in [0.1, 0.15) is 11.5 Å². The molecule has 2 aromatic rings. The largest absolute Gasteiger partial charge is 0.457 e. The topological polar surface area (TPSA) is 35.2 Å². The third kappa shape index (κ3) is 2.75. The van der Waals surface area contributed by atoms with Crippen LogP contribution < -0.4 is 9.88 Å². The van der Waals surface area contributed by atoms with Crippen LogP contribution in [0, 0.1) is 0 Å². The van der Waals surface area contributed by atoms with Gasteiger partial charge in [-0.3, -0.25) is 5.14 Å². The Morgan fingerprint density at radius 1 is 0.800 bits per heavy atom. The first-order valence-corrected chi connectivity index (χ1v) is 5.46. The zero-order chi connectivity index (χ0) is 10.5. The van der Waals surface area contributed by atoms with E-state index >= 15 is 0 Å². The van der Waals surface area contributed by atoms with Crippen molar-refractivity contribution in [3.05, 3.63) is 54.6 Å². The Hall–Kier alpha value is -1.45. The molecular formula is C12H11NOS. The fourth-order valence-electron chi connectivity index (χ4n) is 1.21. The number of para-hydroxylation sites is 1. The molecule has 2 nitrogen and oxygen atoms in total. The molecule has 3 heteroatoms. The summed E-state index contributed by atoms with van der Waals surface area (Å²) in [5.74, 6) is 1.66. The highest BCUT2D eigenvalue weighted by Gasteiger charge is 1.96. The predicted molar refractivity (Wildman–Crippen MR) is 63.0 cm³/mol. The van der Waals surface area contributed by atoms with Gasteiger partial charge in [0.2, 0.25) is 0 Å². The van der Waals surface area contributed by atoms with Crippen LogP contribution in [0.25, 0.3) is 0 Å². The lowest BCUT2D eigenvalue weighted by Crippen LogP contribution is -1.84. The lowest BCUT2D eigenvalue weighted by molar-refractivity contribution is 0.482. The molecule has 0 saturated carbocycles. The van der Waals surface area contributed by atoms with Crippen molar-refractivity contribution in [1.29, 1.82) is 0 Å². The van der Waals surface area contributed by atoms with E-state index in [2.05, 4.69) is 0 Å². The molecule has 0 aliphatic rings. The molecule has 0 aliphatic carbocycles. The Balaban J connectivity index is 2.11. The second kappa shape index (κ2) is 4.87. The van der Waals surface area contributed by atoms with Gasteiger partial charge < -0.3 is 4.74 Å². The predicted octanol–water partition coefficient (Wildman–Crippen LogP) is 3.44. The maximum atomic E-state index is 5.63. The Morgan fingerprint density at radius 2 is 1.40 bits per heavy atom. The molecule has 0 radical (unpaired) electrons. The Labute approximate surface area is 93.2 Å². The number of rotatable bonds is 3. The lowest BCUT2D eigenvalue weighted by Gasteiger charge is -2.05. The van der Waals surface area contributed by atoms with E-state index in [0.717, 1.165) is 16.4 Å². The molecule has 0 atom stereocenters. The van der Waals surface area contributed by atoms with Gasteiger partial charge in [-0.1, -0.05) is 18.2 Å². The molecule has 2 aromatic carbocycles. The third-order valence-corrected chi connectivity index (χ3v) is 2.48. The highest BCUT2D eigenvalue weighted by Crippen LogP contribution is 2.22. The van der Waals surface area contributed by atoms with Gasteiger partial charge in [-0.25, -0.2) is 0 Å². The van der Waals surface area contributed by atoms with Gasteiger partial charge in [-0.15, -0.1) is 0 Å². The minimum atomic E-state index is 0.819. The fraction of sp³-hybridized carbons (Fsp3) is 0. The van der Waals surface area contributed by atoms with Crippen molar-refractivity contribution in [2.75, 3.05) is 0 Å². The average Bonchev–Trinajstić information content (AvgIpc) is 2.31. The summed E-state index contributed by atoms with van der Waals surface area (Å²) in [6.07, 6.45) is 0. The van der Waals surface area contributed by atoms with Crippen molar-refractivity contribution in [3.8, 4) is 11.5 Å². The highest BCUT2D eigenvalue weighted by molar-refractivity contribution is 7.97. The summed E-state index contributed by atoms with van der Waals surface area (Å²) in [5.41, 5.74) is 0. The molecule has 0 fully saturated rings. The van der Waals surface area contributed by atoms with Gasteiger partial charge in [0, 0.05) is 4.90 Å². The molecule has 2 rings (SSSR count). The Bertz CT molecular complexity index is 413. The Kier molecular flexibility index (Phi) is 3.27. The fourth-order valence-corrected chi connectivity index (χ4v) is 1.50. The number of hydrogen-bond donors (Lipinski definition) is 1. The molecule has 0 aliphatic heterocycles. The Morgan fingerprint density at radius 3 is 2.00 bits per heavy atom. The van der Waals surface area contributed by atoms with Crippen molar-refractivity contribution < 1.29 is 4.74 Å². The minimum Gasteiger partial charge on any atom is -0.457 e. The highest BCUT2D eigenvalue weighted by atomic mass is 32.2. The van der Waals surface area contributed by atoms with Crippen LogP contribution in [0.1, 0.15) is 0 Å². The normalized spacial score (nSPS) is 9.93. The molecule has 0 aromatic heterocycles. The summed E-state index contributed by atoms with van der Waals surface area (Å²) >= 11 is 1.23. The van der Waals surface area contributed by atoms with Crippen molar-refractivity contribution in [2.24, 2.45) is 5.14 Å². The summed E-state index contributed by atoms with van der Waals surface area (Å²) < 4.78 is 5.63. The maximum absolute atomic E-state index is 5.63. The average molecular weight is 217 g/mol. The van der Waals surface area contributed by atoms with Crippen molar-refractivity contribution in [3.63, 3.8) is 0 Å². The zero-order valence-corrected chi connectivity index (χ0v) is 8.91. The van der Waals surface area contributed by atoms with Crippen LogP contribution in [0.5, 0.6) is 11.5 Å². The maximum Gasteiger partial charge on any atom is 0.127 e. The molecule has 2 N–H and O–H groups in total. The monoisotopic (exact) mass is 217 g/mol. The first-order valence-electron chi connectivity index (χ1n) is 4.58. The first kappa shape index (κ1) is 10.1. The minimum absolute atomic E-state index is 0.819. The van der Waals surface area contributed by atoms with Crippen LogP contribution >= 0.6 is 11.9 Å². The van der Waals surface area contributed by atoms with Crippen LogP contribution in [-0.4, -0.2) is 0 Å². The van der Waals surface area contributed by atoms with Crippen LogP contribution in [0.15, 0.2) is 59.5 Å². The number of nitrogens with two attached hydrogens (primary N) is 1. The summed E-state index contributed by atoms with van der Waals surface area (Å²) in [5, 5.41) is 5.43. The number of benzene rings is 2. The van der Waals surface area contributed by atoms with E-state index in [-0.39, 0.29) is 0 Å². The van der Waals surface area contributed by atoms with E-state index in [4.69, 9.17) is 9.88 Å².